The maximum absolute atomic E-state index is 13.4. The molecule has 2 aromatic carbocycles. The number of carbonyl (C=O) groups excluding carboxylic acids is 2. The summed E-state index contributed by atoms with van der Waals surface area (Å²) in [6.45, 7) is 7.69. The van der Waals surface area contributed by atoms with Gasteiger partial charge in [-0.25, -0.2) is 0 Å². The minimum atomic E-state index is -0.689. The van der Waals surface area contributed by atoms with Crippen LogP contribution < -0.4 is 10.6 Å². The lowest BCUT2D eigenvalue weighted by Crippen LogP contribution is -2.54. The third-order valence-corrected chi connectivity index (χ3v) is 5.63. The molecule has 0 saturated heterocycles. The molecule has 2 rings (SSSR count). The Bertz CT molecular complexity index is 753. The minimum Gasteiger partial charge on any atom is -0.394 e. The van der Waals surface area contributed by atoms with Crippen LogP contribution in [-0.2, 0) is 9.59 Å². The summed E-state index contributed by atoms with van der Waals surface area (Å²) in [6, 6.07) is 18.1. The van der Waals surface area contributed by atoms with Crippen molar-refractivity contribution in [3.63, 3.8) is 0 Å². The number of benzene rings is 2. The Morgan fingerprint density at radius 3 is 1.73 bits per heavy atom. The molecule has 0 heterocycles. The Labute approximate surface area is 179 Å². The number of amides is 2. The molecule has 0 radical (unpaired) electrons. The number of aliphatic hydroxyl groups is 1. The summed E-state index contributed by atoms with van der Waals surface area (Å²) in [5.41, 5.74) is 1.74. The Hall–Kier alpha value is -2.66. The molecule has 0 spiro atoms. The van der Waals surface area contributed by atoms with E-state index in [4.69, 9.17) is 0 Å². The molecule has 0 fully saturated rings. The van der Waals surface area contributed by atoms with Crippen LogP contribution in [0.15, 0.2) is 60.7 Å². The van der Waals surface area contributed by atoms with Gasteiger partial charge in [-0.05, 0) is 23.0 Å². The Morgan fingerprint density at radius 1 is 0.833 bits per heavy atom. The number of hydrogen-bond acceptors (Lipinski definition) is 3. The average Bonchev–Trinajstić information content (AvgIpc) is 2.76. The first kappa shape index (κ1) is 23.6. The van der Waals surface area contributed by atoms with Gasteiger partial charge in [-0.1, -0.05) is 94.8 Å². The topological polar surface area (TPSA) is 78.4 Å². The molecule has 0 aliphatic carbocycles. The highest BCUT2D eigenvalue weighted by Gasteiger charge is 2.31. The monoisotopic (exact) mass is 410 g/mol. The highest BCUT2D eigenvalue weighted by molar-refractivity contribution is 5.92. The van der Waals surface area contributed by atoms with E-state index in [1.54, 1.807) is 0 Å². The lowest BCUT2D eigenvalue weighted by Gasteiger charge is -2.29. The first-order chi connectivity index (χ1) is 14.4. The van der Waals surface area contributed by atoms with Gasteiger partial charge >= 0.3 is 0 Å². The molecule has 5 heteroatoms. The normalized spacial score (nSPS) is 14.2. The summed E-state index contributed by atoms with van der Waals surface area (Å²) in [6.07, 6.45) is 0.842. The van der Waals surface area contributed by atoms with E-state index in [2.05, 4.69) is 10.6 Å². The summed E-state index contributed by atoms with van der Waals surface area (Å²) in [4.78, 5) is 26.3. The molecule has 2 amide bonds. The molecule has 1 unspecified atom stereocenters. The SMILES string of the molecule is CCC(C)[C@H](CO)NC(=O)[C@H](NC(=O)C(c1ccccc1)c1ccccc1)C(C)C. The molecule has 30 heavy (non-hydrogen) atoms. The van der Waals surface area contributed by atoms with E-state index in [1.165, 1.54) is 0 Å². The first-order valence-corrected chi connectivity index (χ1v) is 10.7. The molecule has 0 aromatic heterocycles. The van der Waals surface area contributed by atoms with E-state index in [9.17, 15) is 14.7 Å². The molecule has 0 aliphatic heterocycles. The highest BCUT2D eigenvalue weighted by atomic mass is 16.3. The average molecular weight is 411 g/mol. The molecule has 3 atom stereocenters. The summed E-state index contributed by atoms with van der Waals surface area (Å²) < 4.78 is 0. The predicted molar refractivity (Wildman–Crippen MR) is 120 cm³/mol. The number of carbonyl (C=O) groups is 2. The largest absolute Gasteiger partial charge is 0.394 e. The van der Waals surface area contributed by atoms with Crippen molar-refractivity contribution in [2.45, 2.75) is 52.1 Å². The summed E-state index contributed by atoms with van der Waals surface area (Å²) >= 11 is 0. The van der Waals surface area contributed by atoms with Crippen molar-refractivity contribution in [3.8, 4) is 0 Å². The third kappa shape index (κ3) is 6.17. The van der Waals surface area contributed by atoms with E-state index >= 15 is 0 Å². The van der Waals surface area contributed by atoms with Gasteiger partial charge in [-0.3, -0.25) is 9.59 Å². The standard InChI is InChI=1S/C25H34N2O3/c1-5-18(4)21(16-28)26-25(30)23(17(2)3)27-24(29)22(19-12-8-6-9-13-19)20-14-10-7-11-15-20/h6-15,17-18,21-23,28H,5,16H2,1-4H3,(H,26,30)(H,27,29)/t18?,21-,23+/m0/s1. The first-order valence-electron chi connectivity index (χ1n) is 10.7. The molecular weight excluding hydrogens is 376 g/mol. The van der Waals surface area contributed by atoms with E-state index in [0.29, 0.717) is 0 Å². The molecule has 0 bridgehead atoms. The summed E-state index contributed by atoms with van der Waals surface area (Å²) in [7, 11) is 0. The number of nitrogens with one attached hydrogen (secondary N) is 2. The number of hydrogen-bond donors (Lipinski definition) is 3. The maximum Gasteiger partial charge on any atom is 0.243 e. The fourth-order valence-electron chi connectivity index (χ4n) is 3.48. The summed E-state index contributed by atoms with van der Waals surface area (Å²) in [5, 5.41) is 15.5. The van der Waals surface area contributed by atoms with Gasteiger partial charge in [0.05, 0.1) is 18.6 Å². The van der Waals surface area contributed by atoms with Crippen LogP contribution in [0.1, 0.15) is 51.2 Å². The minimum absolute atomic E-state index is 0.0996. The second-order valence-corrected chi connectivity index (χ2v) is 8.17. The quantitative estimate of drug-likeness (QED) is 0.561. The Kier molecular flexibility index (Phi) is 9.06. The van der Waals surface area contributed by atoms with E-state index in [-0.39, 0.29) is 36.3 Å². The van der Waals surface area contributed by atoms with Crippen molar-refractivity contribution >= 4 is 11.8 Å². The van der Waals surface area contributed by atoms with Gasteiger partial charge < -0.3 is 15.7 Å². The van der Waals surface area contributed by atoms with Gasteiger partial charge in [0.1, 0.15) is 6.04 Å². The van der Waals surface area contributed by atoms with Crippen LogP contribution in [0, 0.1) is 11.8 Å². The smallest absolute Gasteiger partial charge is 0.243 e. The Balaban J connectivity index is 2.25. The van der Waals surface area contributed by atoms with Crippen LogP contribution in [0.4, 0.5) is 0 Å². The molecule has 162 valence electrons. The molecule has 0 aliphatic rings. The van der Waals surface area contributed by atoms with Crippen LogP contribution in [0.2, 0.25) is 0 Å². The van der Waals surface area contributed by atoms with Gasteiger partial charge in [0, 0.05) is 0 Å². The van der Waals surface area contributed by atoms with Gasteiger partial charge in [0.15, 0.2) is 0 Å². The van der Waals surface area contributed by atoms with Crippen molar-refractivity contribution in [1.29, 1.82) is 0 Å². The van der Waals surface area contributed by atoms with Crippen LogP contribution >= 0.6 is 0 Å². The summed E-state index contributed by atoms with van der Waals surface area (Å²) in [5.74, 6) is -0.950. The predicted octanol–water partition coefficient (Wildman–Crippen LogP) is 3.48. The van der Waals surface area contributed by atoms with Gasteiger partial charge in [0.25, 0.3) is 0 Å². The van der Waals surface area contributed by atoms with E-state index in [0.717, 1.165) is 17.5 Å². The maximum atomic E-state index is 13.4. The molecular formula is C25H34N2O3. The van der Waals surface area contributed by atoms with Crippen LogP contribution in [0.5, 0.6) is 0 Å². The third-order valence-electron chi connectivity index (χ3n) is 5.63. The fourth-order valence-corrected chi connectivity index (χ4v) is 3.48. The highest BCUT2D eigenvalue weighted by Crippen LogP contribution is 2.25. The zero-order valence-electron chi connectivity index (χ0n) is 18.3. The molecule has 0 saturated carbocycles. The zero-order valence-corrected chi connectivity index (χ0v) is 18.3. The molecule has 3 N–H and O–H groups in total. The van der Waals surface area contributed by atoms with Gasteiger partial charge in [-0.2, -0.15) is 0 Å². The van der Waals surface area contributed by atoms with Crippen LogP contribution in [0.25, 0.3) is 0 Å². The molecule has 5 nitrogen and oxygen atoms in total. The second-order valence-electron chi connectivity index (χ2n) is 8.17. The zero-order chi connectivity index (χ0) is 22.1. The molecule has 2 aromatic rings. The second kappa shape index (κ2) is 11.5. The van der Waals surface area contributed by atoms with Crippen molar-refractivity contribution in [3.05, 3.63) is 71.8 Å². The van der Waals surface area contributed by atoms with E-state index in [1.807, 2.05) is 88.4 Å². The van der Waals surface area contributed by atoms with Gasteiger partial charge in [-0.15, -0.1) is 0 Å². The fraction of sp³-hybridized carbons (Fsp3) is 0.440. The van der Waals surface area contributed by atoms with Crippen LogP contribution in [0.3, 0.4) is 0 Å². The lowest BCUT2D eigenvalue weighted by molar-refractivity contribution is -0.131. The van der Waals surface area contributed by atoms with Crippen LogP contribution in [-0.4, -0.2) is 35.6 Å². The Morgan fingerprint density at radius 2 is 1.33 bits per heavy atom. The van der Waals surface area contributed by atoms with Crippen molar-refractivity contribution in [2.75, 3.05) is 6.61 Å². The number of aliphatic hydroxyl groups excluding tert-OH is 1. The van der Waals surface area contributed by atoms with Gasteiger partial charge in [0.2, 0.25) is 11.8 Å². The van der Waals surface area contributed by atoms with Crippen molar-refractivity contribution in [1.82, 2.24) is 10.6 Å². The van der Waals surface area contributed by atoms with Crippen molar-refractivity contribution < 1.29 is 14.7 Å². The lowest BCUT2D eigenvalue weighted by atomic mass is 9.89. The van der Waals surface area contributed by atoms with Crippen molar-refractivity contribution in [2.24, 2.45) is 11.8 Å². The van der Waals surface area contributed by atoms with E-state index < -0.39 is 12.0 Å². The number of rotatable bonds is 10.